The molecule has 2 amide bonds. The van der Waals surface area contributed by atoms with Gasteiger partial charge in [0.15, 0.2) is 5.57 Å². The number of amides is 2. The number of nitrogens with one attached hydrogen (secondary N) is 1. The van der Waals surface area contributed by atoms with Crippen LogP contribution >= 0.6 is 0 Å². The number of hydroxylamine groups is 1. The second kappa shape index (κ2) is 7.49. The van der Waals surface area contributed by atoms with E-state index in [2.05, 4.69) is 24.8 Å². The fraction of sp³-hybridized carbons (Fsp3) is 0.250. The zero-order valence-corrected chi connectivity index (χ0v) is 9.42. The summed E-state index contributed by atoms with van der Waals surface area (Å²) < 4.78 is 12.7. The van der Waals surface area contributed by atoms with Crippen LogP contribution in [0.3, 0.4) is 0 Å². The van der Waals surface area contributed by atoms with Crippen LogP contribution in [0.2, 0.25) is 0 Å². The lowest BCUT2D eigenvalue weighted by Gasteiger charge is -2.04. The van der Waals surface area contributed by atoms with Crippen molar-refractivity contribution < 1.29 is 38.2 Å². The lowest BCUT2D eigenvalue weighted by molar-refractivity contribution is -0.144. The molecule has 0 saturated heterocycles. The minimum Gasteiger partial charge on any atom is -0.465 e. The third-order valence-electron chi connectivity index (χ3n) is 1.33. The van der Waals surface area contributed by atoms with Crippen LogP contribution in [0.1, 0.15) is 0 Å². The maximum atomic E-state index is 11.1. The van der Waals surface area contributed by atoms with Crippen molar-refractivity contribution in [1.82, 2.24) is 5.48 Å². The Morgan fingerprint density at radius 2 is 1.56 bits per heavy atom. The topological polar surface area (TPSA) is 143 Å². The molecule has 3 N–H and O–H groups in total. The van der Waals surface area contributed by atoms with Crippen LogP contribution < -0.4 is 11.2 Å². The van der Waals surface area contributed by atoms with Gasteiger partial charge >= 0.3 is 24.1 Å². The number of carbonyl (C=O) groups is 4. The molecule has 0 aliphatic heterocycles. The van der Waals surface area contributed by atoms with Crippen LogP contribution in [0, 0.1) is 0 Å². The second-order valence-corrected chi connectivity index (χ2v) is 2.44. The predicted octanol–water partition coefficient (Wildman–Crippen LogP) is -1.05. The molecule has 0 radical (unpaired) electrons. The van der Waals surface area contributed by atoms with E-state index < -0.39 is 29.7 Å². The van der Waals surface area contributed by atoms with Gasteiger partial charge in [0.2, 0.25) is 0 Å². The van der Waals surface area contributed by atoms with Gasteiger partial charge in [-0.3, -0.25) is 0 Å². The maximum Gasteiger partial charge on any atom is 0.445 e. The molecule has 100 valence electrons. The summed E-state index contributed by atoms with van der Waals surface area (Å²) in [6.45, 7) is 0. The fourth-order valence-corrected chi connectivity index (χ4v) is 0.628. The Morgan fingerprint density at radius 1 is 1.06 bits per heavy atom. The molecule has 0 saturated carbocycles. The molecule has 0 aliphatic rings. The summed E-state index contributed by atoms with van der Waals surface area (Å²) in [5.74, 6) is -2.16. The molecule has 0 aromatic carbocycles. The van der Waals surface area contributed by atoms with Crippen LogP contribution in [0.4, 0.5) is 9.59 Å². The Kier molecular flexibility index (Phi) is 6.33. The summed E-state index contributed by atoms with van der Waals surface area (Å²) in [5.41, 5.74) is 5.34. The maximum absolute atomic E-state index is 11.1. The fourth-order valence-electron chi connectivity index (χ4n) is 0.628. The number of methoxy groups -OCH3 is 2. The minimum absolute atomic E-state index is 0.470. The van der Waals surface area contributed by atoms with Gasteiger partial charge < -0.3 is 24.8 Å². The smallest absolute Gasteiger partial charge is 0.445 e. The van der Waals surface area contributed by atoms with Crippen molar-refractivity contribution >= 4 is 24.1 Å². The Morgan fingerprint density at radius 3 is 1.94 bits per heavy atom. The molecular weight excluding hydrogens is 252 g/mol. The molecule has 10 heteroatoms. The van der Waals surface area contributed by atoms with E-state index in [1.165, 1.54) is 5.48 Å². The number of hydrogen-bond donors (Lipinski definition) is 2. The molecule has 0 rings (SSSR count). The van der Waals surface area contributed by atoms with Crippen LogP contribution in [-0.2, 0) is 28.6 Å². The lowest BCUT2D eigenvalue weighted by atomic mass is 10.3. The highest BCUT2D eigenvalue weighted by Crippen LogP contribution is 2.01. The first kappa shape index (κ1) is 15.2. The number of hydrogen-bond acceptors (Lipinski definition) is 8. The van der Waals surface area contributed by atoms with Gasteiger partial charge in [0.1, 0.15) is 6.26 Å². The van der Waals surface area contributed by atoms with Crippen molar-refractivity contribution in [2.24, 2.45) is 5.73 Å². The second-order valence-electron chi connectivity index (χ2n) is 2.44. The summed E-state index contributed by atoms with van der Waals surface area (Å²) in [7, 11) is 2.02. The monoisotopic (exact) mass is 262 g/mol. The van der Waals surface area contributed by atoms with Crippen molar-refractivity contribution in [3.05, 3.63) is 11.8 Å². The quantitative estimate of drug-likeness (QED) is 0.125. The van der Waals surface area contributed by atoms with Gasteiger partial charge in [-0.25, -0.2) is 19.2 Å². The Labute approximate surface area is 101 Å². The molecule has 0 fully saturated rings. The number of rotatable bonds is 3. The summed E-state index contributed by atoms with van der Waals surface area (Å²) >= 11 is 0. The molecule has 0 aromatic rings. The van der Waals surface area contributed by atoms with Crippen molar-refractivity contribution in [3.8, 4) is 0 Å². The molecule has 0 unspecified atom stereocenters. The van der Waals surface area contributed by atoms with Gasteiger partial charge in [0, 0.05) is 0 Å². The van der Waals surface area contributed by atoms with E-state index in [0.29, 0.717) is 6.26 Å². The average Bonchev–Trinajstić information content (AvgIpc) is 2.35. The van der Waals surface area contributed by atoms with Crippen molar-refractivity contribution in [1.29, 1.82) is 0 Å². The van der Waals surface area contributed by atoms with Gasteiger partial charge in [0.25, 0.3) is 0 Å². The van der Waals surface area contributed by atoms with Crippen LogP contribution in [-0.4, -0.2) is 38.3 Å². The van der Waals surface area contributed by atoms with Crippen LogP contribution in [0.5, 0.6) is 0 Å². The highest BCUT2D eigenvalue weighted by molar-refractivity contribution is 6.13. The third-order valence-corrected chi connectivity index (χ3v) is 1.33. The standard InChI is InChI=1S/C8H10N2O8/c1-15-5(11)4(6(12)16-2)3-17-8(14)10-18-7(9)13/h3H,1-2H3,(H2,9,13)(H,10,14). The summed E-state index contributed by atoms with van der Waals surface area (Å²) in [5, 5.41) is 0. The molecule has 0 atom stereocenters. The van der Waals surface area contributed by atoms with Crippen LogP contribution in [0.15, 0.2) is 11.8 Å². The summed E-state index contributed by atoms with van der Waals surface area (Å²) in [4.78, 5) is 47.0. The van der Waals surface area contributed by atoms with Crippen molar-refractivity contribution in [2.45, 2.75) is 0 Å². The van der Waals surface area contributed by atoms with Gasteiger partial charge in [-0.15, -0.1) is 5.48 Å². The van der Waals surface area contributed by atoms with E-state index in [4.69, 9.17) is 0 Å². The first-order valence-corrected chi connectivity index (χ1v) is 4.22. The zero-order chi connectivity index (χ0) is 14.1. The Hall–Kier alpha value is -2.78. The number of ether oxygens (including phenoxy) is 3. The van der Waals surface area contributed by atoms with Crippen molar-refractivity contribution in [3.63, 3.8) is 0 Å². The zero-order valence-electron chi connectivity index (χ0n) is 9.42. The van der Waals surface area contributed by atoms with Gasteiger partial charge in [-0.2, -0.15) is 0 Å². The molecule has 0 heterocycles. The van der Waals surface area contributed by atoms with E-state index in [0.717, 1.165) is 14.2 Å². The third kappa shape index (κ3) is 5.34. The van der Waals surface area contributed by atoms with E-state index >= 15 is 0 Å². The Balaban J connectivity index is 4.58. The number of carbonyl (C=O) groups excluding carboxylic acids is 4. The molecular formula is C8H10N2O8. The number of primary amides is 1. The number of esters is 2. The van der Waals surface area contributed by atoms with E-state index in [9.17, 15) is 19.2 Å². The molecule has 0 aliphatic carbocycles. The normalized spacial score (nSPS) is 8.56. The molecule has 0 aromatic heterocycles. The molecule has 0 bridgehead atoms. The summed E-state index contributed by atoms with van der Waals surface area (Å²) in [6, 6.07) is 0. The molecule has 0 spiro atoms. The molecule has 10 nitrogen and oxygen atoms in total. The highest BCUT2D eigenvalue weighted by Gasteiger charge is 2.21. The van der Waals surface area contributed by atoms with E-state index in [1.807, 2.05) is 0 Å². The van der Waals surface area contributed by atoms with E-state index in [1.54, 1.807) is 0 Å². The minimum atomic E-state index is -1.29. The summed E-state index contributed by atoms with van der Waals surface area (Å²) in [6.07, 6.45) is -2.10. The Bertz CT molecular complexity index is 371. The molecule has 18 heavy (non-hydrogen) atoms. The van der Waals surface area contributed by atoms with Gasteiger partial charge in [-0.1, -0.05) is 0 Å². The lowest BCUT2D eigenvalue weighted by Crippen LogP contribution is -2.29. The van der Waals surface area contributed by atoms with Crippen LogP contribution in [0.25, 0.3) is 0 Å². The first-order valence-electron chi connectivity index (χ1n) is 4.22. The van der Waals surface area contributed by atoms with E-state index in [-0.39, 0.29) is 0 Å². The number of nitrogens with two attached hydrogens (primary N) is 1. The van der Waals surface area contributed by atoms with Gasteiger partial charge in [-0.05, 0) is 0 Å². The highest BCUT2D eigenvalue weighted by atomic mass is 16.7. The van der Waals surface area contributed by atoms with Crippen molar-refractivity contribution in [2.75, 3.05) is 14.2 Å². The SMILES string of the molecule is COC(=O)C(=COC(=O)NOC(N)=O)C(=O)OC. The largest absolute Gasteiger partial charge is 0.465 e. The predicted molar refractivity (Wildman–Crippen MR) is 52.4 cm³/mol. The van der Waals surface area contributed by atoms with Gasteiger partial charge in [0.05, 0.1) is 14.2 Å². The first-order chi connectivity index (χ1) is 8.42. The average molecular weight is 262 g/mol.